The summed E-state index contributed by atoms with van der Waals surface area (Å²) >= 11 is 0. The molecule has 140 valence electrons. The summed E-state index contributed by atoms with van der Waals surface area (Å²) in [6.45, 7) is 3.77. The summed E-state index contributed by atoms with van der Waals surface area (Å²) in [6.07, 6.45) is 2.30. The molecule has 1 amide bonds. The molecular weight excluding hydrogens is 346 g/mol. The summed E-state index contributed by atoms with van der Waals surface area (Å²) in [7, 11) is 0. The Balaban J connectivity index is 1.65. The third-order valence-corrected chi connectivity index (χ3v) is 4.51. The minimum absolute atomic E-state index is 0.169. The average Bonchev–Trinajstić information content (AvgIpc) is 3.10. The van der Waals surface area contributed by atoms with Crippen molar-refractivity contribution in [3.05, 3.63) is 59.2 Å². The number of fused-ring (bicyclic) bond motifs is 1. The third kappa shape index (κ3) is 4.28. The van der Waals surface area contributed by atoms with E-state index in [0.29, 0.717) is 12.2 Å². The molecule has 0 aliphatic heterocycles. The zero-order valence-corrected chi connectivity index (χ0v) is 15.2. The molecule has 0 saturated carbocycles. The van der Waals surface area contributed by atoms with Crippen molar-refractivity contribution in [2.45, 2.75) is 39.2 Å². The van der Waals surface area contributed by atoms with Crippen molar-refractivity contribution in [1.82, 2.24) is 24.9 Å². The monoisotopic (exact) mass is 367 g/mol. The number of rotatable bonds is 7. The summed E-state index contributed by atoms with van der Waals surface area (Å²) < 4.78 is 1.63. The molecule has 0 radical (unpaired) electrons. The fourth-order valence-corrected chi connectivity index (χ4v) is 3.07. The van der Waals surface area contributed by atoms with Gasteiger partial charge in [-0.05, 0) is 31.4 Å². The number of benzene rings is 1. The number of nitrogens with one attached hydrogen (secondary N) is 1. The second kappa shape index (κ2) is 7.94. The predicted molar refractivity (Wildman–Crippen MR) is 98.3 cm³/mol. The molecule has 2 heterocycles. The van der Waals surface area contributed by atoms with Gasteiger partial charge in [0.25, 0.3) is 5.78 Å². The Morgan fingerprint density at radius 3 is 2.67 bits per heavy atom. The van der Waals surface area contributed by atoms with Crippen molar-refractivity contribution in [3.63, 3.8) is 0 Å². The molecule has 2 aromatic heterocycles. The van der Waals surface area contributed by atoms with Gasteiger partial charge in [0, 0.05) is 24.2 Å². The molecule has 0 aliphatic rings. The average molecular weight is 367 g/mol. The lowest BCUT2D eigenvalue weighted by atomic mass is 10.0. The number of carbonyl (C=O) groups is 2. The Morgan fingerprint density at radius 1 is 1.22 bits per heavy atom. The van der Waals surface area contributed by atoms with E-state index in [1.54, 1.807) is 4.52 Å². The third-order valence-electron chi connectivity index (χ3n) is 4.51. The lowest BCUT2D eigenvalue weighted by Gasteiger charge is -2.15. The number of nitrogens with zero attached hydrogens (tertiary/aromatic N) is 4. The van der Waals surface area contributed by atoms with Crippen LogP contribution >= 0.6 is 0 Å². The van der Waals surface area contributed by atoms with Crippen molar-refractivity contribution in [2.75, 3.05) is 0 Å². The molecule has 3 rings (SSSR count). The summed E-state index contributed by atoms with van der Waals surface area (Å²) in [5.41, 5.74) is 3.44. The van der Waals surface area contributed by atoms with E-state index >= 15 is 0 Å². The van der Waals surface area contributed by atoms with Crippen LogP contribution in [-0.4, -0.2) is 42.6 Å². The van der Waals surface area contributed by atoms with E-state index in [2.05, 4.69) is 20.4 Å². The molecule has 0 fully saturated rings. The summed E-state index contributed by atoms with van der Waals surface area (Å²) in [5, 5.41) is 16.2. The largest absolute Gasteiger partial charge is 0.480 e. The number of aryl methyl sites for hydroxylation is 2. The number of amides is 1. The van der Waals surface area contributed by atoms with E-state index in [-0.39, 0.29) is 18.7 Å². The van der Waals surface area contributed by atoms with Crippen LogP contribution in [0.3, 0.4) is 0 Å². The lowest BCUT2D eigenvalue weighted by Crippen LogP contribution is -2.42. The summed E-state index contributed by atoms with van der Waals surface area (Å²) in [5.74, 6) is -0.840. The van der Waals surface area contributed by atoms with Gasteiger partial charge in [-0.1, -0.05) is 30.3 Å². The Morgan fingerprint density at radius 2 is 1.96 bits per heavy atom. The molecule has 3 aromatic rings. The van der Waals surface area contributed by atoms with Crippen LogP contribution in [0.4, 0.5) is 0 Å². The Bertz CT molecular complexity index is 968. The van der Waals surface area contributed by atoms with Crippen LogP contribution in [-0.2, 0) is 22.4 Å². The maximum atomic E-state index is 12.3. The quantitative estimate of drug-likeness (QED) is 0.655. The van der Waals surface area contributed by atoms with Crippen molar-refractivity contribution in [1.29, 1.82) is 0 Å². The Kier molecular flexibility index (Phi) is 5.44. The highest BCUT2D eigenvalue weighted by Crippen LogP contribution is 2.15. The second-order valence-electron chi connectivity index (χ2n) is 6.38. The van der Waals surface area contributed by atoms with Gasteiger partial charge in [-0.3, -0.25) is 4.79 Å². The molecule has 0 unspecified atom stereocenters. The Labute approximate surface area is 156 Å². The zero-order valence-electron chi connectivity index (χ0n) is 15.2. The fourth-order valence-electron chi connectivity index (χ4n) is 3.07. The highest BCUT2D eigenvalue weighted by atomic mass is 16.4. The smallest absolute Gasteiger partial charge is 0.326 e. The number of hydrogen-bond donors (Lipinski definition) is 2. The first-order valence-corrected chi connectivity index (χ1v) is 8.67. The van der Waals surface area contributed by atoms with Gasteiger partial charge in [0.15, 0.2) is 0 Å². The van der Waals surface area contributed by atoms with E-state index in [4.69, 9.17) is 0 Å². The maximum absolute atomic E-state index is 12.3. The molecule has 2 N–H and O–H groups in total. The molecule has 0 saturated heterocycles. The standard InChI is InChI=1S/C19H21N5O3/c1-12-15(13(2)24-19(22-12)20-11-21-24)8-9-17(25)23-16(18(26)27)10-14-6-4-3-5-7-14/h3-7,11,16H,8-10H2,1-2H3,(H,23,25)(H,26,27)/t16-/m1/s1. The first kappa shape index (κ1) is 18.5. The number of carbonyl (C=O) groups excluding carboxylic acids is 1. The van der Waals surface area contributed by atoms with Gasteiger partial charge in [0.05, 0.1) is 0 Å². The second-order valence-corrected chi connectivity index (χ2v) is 6.38. The van der Waals surface area contributed by atoms with Crippen LogP contribution in [0, 0.1) is 13.8 Å². The molecule has 0 spiro atoms. The normalized spacial score (nSPS) is 12.1. The molecule has 1 atom stereocenters. The molecule has 8 nitrogen and oxygen atoms in total. The van der Waals surface area contributed by atoms with Gasteiger partial charge >= 0.3 is 5.97 Å². The van der Waals surface area contributed by atoms with Gasteiger partial charge < -0.3 is 10.4 Å². The number of carboxylic acids is 1. The van der Waals surface area contributed by atoms with Gasteiger partial charge in [-0.2, -0.15) is 10.1 Å². The van der Waals surface area contributed by atoms with Crippen LogP contribution in [0.25, 0.3) is 5.78 Å². The topological polar surface area (TPSA) is 109 Å². The van der Waals surface area contributed by atoms with E-state index < -0.39 is 12.0 Å². The van der Waals surface area contributed by atoms with Crippen LogP contribution in [0.15, 0.2) is 36.7 Å². The van der Waals surface area contributed by atoms with Gasteiger partial charge in [0.2, 0.25) is 5.91 Å². The highest BCUT2D eigenvalue weighted by Gasteiger charge is 2.21. The summed E-state index contributed by atoms with van der Waals surface area (Å²) in [6, 6.07) is 8.27. The maximum Gasteiger partial charge on any atom is 0.326 e. The first-order valence-electron chi connectivity index (χ1n) is 8.67. The molecule has 0 aliphatic carbocycles. The predicted octanol–water partition coefficient (Wildman–Crippen LogP) is 1.49. The van der Waals surface area contributed by atoms with Crippen LogP contribution in [0.5, 0.6) is 0 Å². The van der Waals surface area contributed by atoms with Gasteiger partial charge in [-0.25, -0.2) is 14.3 Å². The molecule has 0 bridgehead atoms. The van der Waals surface area contributed by atoms with Crippen LogP contribution < -0.4 is 5.32 Å². The minimum atomic E-state index is -1.05. The number of hydrogen-bond acceptors (Lipinski definition) is 5. The van der Waals surface area contributed by atoms with Crippen molar-refractivity contribution in [2.24, 2.45) is 0 Å². The van der Waals surface area contributed by atoms with Gasteiger partial charge in [0.1, 0.15) is 12.4 Å². The number of aliphatic carboxylic acids is 1. The zero-order chi connectivity index (χ0) is 19.4. The molecule has 8 heteroatoms. The number of aromatic nitrogens is 4. The van der Waals surface area contributed by atoms with Crippen molar-refractivity contribution in [3.8, 4) is 0 Å². The first-order chi connectivity index (χ1) is 13.0. The molecular formula is C19H21N5O3. The minimum Gasteiger partial charge on any atom is -0.480 e. The SMILES string of the molecule is Cc1nc2ncnn2c(C)c1CCC(=O)N[C@H](Cc1ccccc1)C(=O)O. The van der Waals surface area contributed by atoms with Crippen LogP contribution in [0.2, 0.25) is 0 Å². The van der Waals surface area contributed by atoms with E-state index in [1.165, 1.54) is 6.33 Å². The Hall–Kier alpha value is -3.29. The highest BCUT2D eigenvalue weighted by molar-refractivity contribution is 5.83. The van der Waals surface area contributed by atoms with Gasteiger partial charge in [-0.15, -0.1) is 0 Å². The van der Waals surface area contributed by atoms with Crippen molar-refractivity contribution < 1.29 is 14.7 Å². The fraction of sp³-hybridized carbons (Fsp3) is 0.316. The molecule has 27 heavy (non-hydrogen) atoms. The summed E-state index contributed by atoms with van der Waals surface area (Å²) in [4.78, 5) is 32.3. The van der Waals surface area contributed by atoms with E-state index in [1.807, 2.05) is 44.2 Å². The number of carboxylic acid groups (broad SMARTS) is 1. The lowest BCUT2D eigenvalue weighted by molar-refractivity contribution is -0.141. The van der Waals surface area contributed by atoms with Crippen LogP contribution in [0.1, 0.15) is 28.9 Å². The van der Waals surface area contributed by atoms with E-state index in [0.717, 1.165) is 22.5 Å². The molecule has 1 aromatic carbocycles. The van der Waals surface area contributed by atoms with Crippen molar-refractivity contribution >= 4 is 17.7 Å². The van der Waals surface area contributed by atoms with E-state index in [9.17, 15) is 14.7 Å².